The normalized spacial score (nSPS) is 14.9. The number of amides is 1. The fourth-order valence-corrected chi connectivity index (χ4v) is 3.00. The van der Waals surface area contributed by atoms with Crippen LogP contribution in [0.3, 0.4) is 0 Å². The third-order valence-corrected chi connectivity index (χ3v) is 4.18. The highest BCUT2D eigenvalue weighted by Crippen LogP contribution is 2.25. The van der Waals surface area contributed by atoms with Gasteiger partial charge in [0, 0.05) is 43.2 Å². The summed E-state index contributed by atoms with van der Waals surface area (Å²) >= 11 is 0. The molecule has 0 unspecified atom stereocenters. The van der Waals surface area contributed by atoms with Crippen LogP contribution in [0.4, 0.5) is 0 Å². The van der Waals surface area contributed by atoms with E-state index in [2.05, 4.69) is 23.2 Å². The predicted molar refractivity (Wildman–Crippen MR) is 85.0 cm³/mol. The lowest BCUT2D eigenvalue weighted by Crippen LogP contribution is -2.36. The van der Waals surface area contributed by atoms with Gasteiger partial charge in [-0.1, -0.05) is 18.2 Å². The summed E-state index contributed by atoms with van der Waals surface area (Å²) in [7, 11) is 1.62. The van der Waals surface area contributed by atoms with E-state index >= 15 is 0 Å². The van der Waals surface area contributed by atoms with Crippen molar-refractivity contribution >= 4 is 16.8 Å². The van der Waals surface area contributed by atoms with Crippen LogP contribution in [-0.4, -0.2) is 55.8 Å². The lowest BCUT2D eigenvalue weighted by Gasteiger charge is -2.20. The summed E-state index contributed by atoms with van der Waals surface area (Å²) in [5.41, 5.74) is 3.80. The minimum absolute atomic E-state index is 0.0607. The molecule has 1 amide bonds. The Labute approximate surface area is 130 Å². The maximum atomic E-state index is 12.2. The second-order valence-corrected chi connectivity index (χ2v) is 5.55. The molecule has 5 heteroatoms. The Hall–Kier alpha value is -1.85. The lowest BCUT2D eigenvalue weighted by atomic mass is 10.1. The number of fused-ring (bicyclic) bond motifs is 3. The summed E-state index contributed by atoms with van der Waals surface area (Å²) in [6.45, 7) is 2.61. The molecule has 1 aromatic heterocycles. The predicted octanol–water partition coefficient (Wildman–Crippen LogP) is 1.76. The average molecular weight is 302 g/mol. The van der Waals surface area contributed by atoms with Crippen molar-refractivity contribution in [3.8, 4) is 0 Å². The lowest BCUT2D eigenvalue weighted by molar-refractivity contribution is -0.136. The Morgan fingerprint density at radius 2 is 2.05 bits per heavy atom. The van der Waals surface area contributed by atoms with Crippen LogP contribution < -0.4 is 0 Å². The van der Waals surface area contributed by atoms with Crippen molar-refractivity contribution in [3.05, 3.63) is 35.5 Å². The standard InChI is InChI=1S/C17H22N2O3/c1-21-10-11-22-12-17(20)19-8-6-14-13-4-2-3-5-15(13)18-16(14)7-9-19/h2-5,18H,6-12H2,1H3. The second-order valence-electron chi connectivity index (χ2n) is 5.55. The number of benzene rings is 1. The van der Waals surface area contributed by atoms with Crippen LogP contribution in [-0.2, 0) is 27.1 Å². The van der Waals surface area contributed by atoms with Crippen LogP contribution in [0.1, 0.15) is 11.3 Å². The molecule has 1 aliphatic heterocycles. The summed E-state index contributed by atoms with van der Waals surface area (Å²) in [6.07, 6.45) is 1.76. The molecule has 0 bridgehead atoms. The van der Waals surface area contributed by atoms with Crippen LogP contribution >= 0.6 is 0 Å². The number of aromatic nitrogens is 1. The number of hydrogen-bond acceptors (Lipinski definition) is 3. The van der Waals surface area contributed by atoms with Gasteiger partial charge in [0.25, 0.3) is 0 Å². The molecule has 0 atom stereocenters. The number of ether oxygens (including phenoxy) is 2. The molecular weight excluding hydrogens is 280 g/mol. The molecule has 0 aliphatic carbocycles. The van der Waals surface area contributed by atoms with Gasteiger partial charge in [-0.25, -0.2) is 0 Å². The fourth-order valence-electron chi connectivity index (χ4n) is 3.00. The Kier molecular flexibility index (Phi) is 4.75. The Bertz CT molecular complexity index is 650. The number of methoxy groups -OCH3 is 1. The second kappa shape index (κ2) is 6.94. The van der Waals surface area contributed by atoms with Gasteiger partial charge in [-0.15, -0.1) is 0 Å². The monoisotopic (exact) mass is 302 g/mol. The van der Waals surface area contributed by atoms with Crippen LogP contribution in [0.15, 0.2) is 24.3 Å². The van der Waals surface area contributed by atoms with Crippen molar-refractivity contribution in [1.29, 1.82) is 0 Å². The van der Waals surface area contributed by atoms with Gasteiger partial charge in [0.1, 0.15) is 6.61 Å². The van der Waals surface area contributed by atoms with Gasteiger partial charge in [0.15, 0.2) is 0 Å². The van der Waals surface area contributed by atoms with Gasteiger partial charge in [-0.05, 0) is 18.1 Å². The van der Waals surface area contributed by atoms with Crippen molar-refractivity contribution in [3.63, 3.8) is 0 Å². The third-order valence-electron chi connectivity index (χ3n) is 4.18. The zero-order chi connectivity index (χ0) is 15.4. The number of nitrogens with one attached hydrogen (secondary N) is 1. The van der Waals surface area contributed by atoms with E-state index < -0.39 is 0 Å². The molecule has 1 aliphatic rings. The topological polar surface area (TPSA) is 54.6 Å². The van der Waals surface area contributed by atoms with E-state index in [0.29, 0.717) is 13.2 Å². The van der Waals surface area contributed by atoms with E-state index in [9.17, 15) is 4.79 Å². The maximum Gasteiger partial charge on any atom is 0.248 e. The van der Waals surface area contributed by atoms with Gasteiger partial charge >= 0.3 is 0 Å². The summed E-state index contributed by atoms with van der Waals surface area (Å²) in [5, 5.41) is 1.28. The highest BCUT2D eigenvalue weighted by molar-refractivity contribution is 5.85. The molecule has 3 rings (SSSR count). The Morgan fingerprint density at radius 3 is 2.91 bits per heavy atom. The number of aromatic amines is 1. The smallest absolute Gasteiger partial charge is 0.248 e. The molecule has 0 radical (unpaired) electrons. The number of rotatable bonds is 5. The molecular formula is C17H22N2O3. The number of hydrogen-bond donors (Lipinski definition) is 1. The molecule has 0 saturated carbocycles. The molecule has 2 heterocycles. The van der Waals surface area contributed by atoms with E-state index in [0.717, 1.165) is 25.9 Å². The van der Waals surface area contributed by atoms with Crippen molar-refractivity contribution in [2.45, 2.75) is 12.8 Å². The maximum absolute atomic E-state index is 12.2. The zero-order valence-electron chi connectivity index (χ0n) is 12.9. The highest BCUT2D eigenvalue weighted by atomic mass is 16.5. The van der Waals surface area contributed by atoms with Gasteiger partial charge < -0.3 is 19.4 Å². The van der Waals surface area contributed by atoms with Gasteiger partial charge in [-0.2, -0.15) is 0 Å². The van der Waals surface area contributed by atoms with Gasteiger partial charge in [0.05, 0.1) is 13.2 Å². The molecule has 118 valence electrons. The first kappa shape index (κ1) is 15.1. The van der Waals surface area contributed by atoms with Crippen LogP contribution in [0.25, 0.3) is 10.9 Å². The highest BCUT2D eigenvalue weighted by Gasteiger charge is 2.21. The molecule has 5 nitrogen and oxygen atoms in total. The van der Waals surface area contributed by atoms with Crippen LogP contribution in [0, 0.1) is 0 Å². The van der Waals surface area contributed by atoms with Crippen LogP contribution in [0.2, 0.25) is 0 Å². The Balaban J connectivity index is 1.62. The van der Waals surface area contributed by atoms with Crippen molar-refractivity contribution in [2.75, 3.05) is 40.0 Å². The first-order valence-corrected chi connectivity index (χ1v) is 7.72. The number of nitrogens with zero attached hydrogens (tertiary/aromatic N) is 1. The first-order chi connectivity index (χ1) is 10.8. The minimum atomic E-state index is 0.0607. The van der Waals surface area contributed by atoms with E-state index in [1.165, 1.54) is 22.2 Å². The van der Waals surface area contributed by atoms with E-state index in [4.69, 9.17) is 9.47 Å². The molecule has 1 aromatic carbocycles. The quantitative estimate of drug-likeness (QED) is 0.856. The van der Waals surface area contributed by atoms with E-state index in [1.54, 1.807) is 7.11 Å². The SMILES string of the molecule is COCCOCC(=O)N1CCc2[nH]c3ccccc3c2CC1. The largest absolute Gasteiger partial charge is 0.382 e. The average Bonchev–Trinajstić information content (AvgIpc) is 2.76. The molecule has 0 fully saturated rings. The van der Waals surface area contributed by atoms with Crippen molar-refractivity contribution in [2.24, 2.45) is 0 Å². The Morgan fingerprint density at radius 1 is 1.23 bits per heavy atom. The number of H-pyrrole nitrogens is 1. The summed E-state index contributed by atoms with van der Waals surface area (Å²) < 4.78 is 10.2. The molecule has 0 saturated heterocycles. The van der Waals surface area contributed by atoms with E-state index in [-0.39, 0.29) is 12.5 Å². The minimum Gasteiger partial charge on any atom is -0.382 e. The molecule has 1 N–H and O–H groups in total. The van der Waals surface area contributed by atoms with Crippen molar-refractivity contribution in [1.82, 2.24) is 9.88 Å². The molecule has 22 heavy (non-hydrogen) atoms. The van der Waals surface area contributed by atoms with Gasteiger partial charge in [-0.3, -0.25) is 4.79 Å². The number of carbonyl (C=O) groups excluding carboxylic acids is 1. The summed E-state index contributed by atoms with van der Waals surface area (Å²) in [6, 6.07) is 8.37. The summed E-state index contributed by atoms with van der Waals surface area (Å²) in [4.78, 5) is 17.6. The number of carbonyl (C=O) groups is 1. The van der Waals surface area contributed by atoms with Gasteiger partial charge in [0.2, 0.25) is 5.91 Å². The number of para-hydroxylation sites is 1. The fraction of sp³-hybridized carbons (Fsp3) is 0.471. The van der Waals surface area contributed by atoms with Crippen LogP contribution in [0.5, 0.6) is 0 Å². The zero-order valence-corrected chi connectivity index (χ0v) is 12.9. The molecule has 2 aromatic rings. The third kappa shape index (κ3) is 3.15. The first-order valence-electron chi connectivity index (χ1n) is 7.72. The summed E-state index contributed by atoms with van der Waals surface area (Å²) in [5.74, 6) is 0.0607. The van der Waals surface area contributed by atoms with E-state index in [1.807, 2.05) is 11.0 Å². The van der Waals surface area contributed by atoms with Crippen molar-refractivity contribution < 1.29 is 14.3 Å². The molecule has 0 spiro atoms.